The van der Waals surface area contributed by atoms with Crippen LogP contribution in [0.3, 0.4) is 0 Å². The van der Waals surface area contributed by atoms with Gasteiger partial charge in [0.1, 0.15) is 5.82 Å². The Morgan fingerprint density at radius 1 is 1.71 bits per heavy atom. The Morgan fingerprint density at radius 2 is 2.50 bits per heavy atom. The van der Waals surface area contributed by atoms with Crippen molar-refractivity contribution in [2.75, 3.05) is 0 Å². The number of carbonyl (C=O) groups is 1. The van der Waals surface area contributed by atoms with Crippen molar-refractivity contribution in [1.82, 2.24) is 9.55 Å². The van der Waals surface area contributed by atoms with E-state index in [0.29, 0.717) is 18.7 Å². The van der Waals surface area contributed by atoms with Gasteiger partial charge in [0.15, 0.2) is 11.2 Å². The minimum absolute atomic E-state index is 0.00861. The molecule has 0 saturated heterocycles. The summed E-state index contributed by atoms with van der Waals surface area (Å²) in [4.78, 5) is 15.8. The van der Waals surface area contributed by atoms with Gasteiger partial charge in [-0.3, -0.25) is 4.79 Å². The molecule has 0 aromatic carbocycles. The maximum Gasteiger partial charge on any atom is 0.173 e. The summed E-state index contributed by atoms with van der Waals surface area (Å²) in [7, 11) is 1.81. The molecule has 0 amide bonds. The molecule has 0 spiro atoms. The summed E-state index contributed by atoms with van der Waals surface area (Å²) >= 11 is 0. The number of Topliss-reactive ketones (excluding diaryl/α,β-unsaturated/α-hetero) is 1. The molecule has 1 heterocycles. The van der Waals surface area contributed by atoms with Gasteiger partial charge in [-0.25, -0.2) is 4.98 Å². The number of aromatic nitrogens is 2. The summed E-state index contributed by atoms with van der Waals surface area (Å²) in [6.45, 7) is 0. The monoisotopic (exact) mass is 189 g/mol. The van der Waals surface area contributed by atoms with E-state index in [4.69, 9.17) is 5.26 Å². The van der Waals surface area contributed by atoms with Gasteiger partial charge in [-0.1, -0.05) is 0 Å². The maximum atomic E-state index is 11.7. The van der Waals surface area contributed by atoms with Crippen molar-refractivity contribution in [2.24, 2.45) is 7.05 Å². The van der Waals surface area contributed by atoms with Crippen molar-refractivity contribution in [2.45, 2.75) is 24.7 Å². The second-order valence-corrected chi connectivity index (χ2v) is 3.66. The van der Waals surface area contributed by atoms with E-state index in [1.807, 2.05) is 7.05 Å². The van der Waals surface area contributed by atoms with E-state index in [-0.39, 0.29) is 5.78 Å². The fourth-order valence-corrected chi connectivity index (χ4v) is 2.05. The molecule has 72 valence electrons. The number of rotatable bonds is 1. The summed E-state index contributed by atoms with van der Waals surface area (Å²) in [5, 5.41) is 9.16. The molecule has 0 radical (unpaired) electrons. The molecular weight excluding hydrogens is 178 g/mol. The number of nitriles is 1. The normalized spacial score (nSPS) is 26.4. The molecule has 2 rings (SSSR count). The Hall–Kier alpha value is -1.63. The van der Waals surface area contributed by atoms with Gasteiger partial charge in [-0.15, -0.1) is 0 Å². The van der Waals surface area contributed by atoms with Crippen LogP contribution < -0.4 is 0 Å². The lowest BCUT2D eigenvalue weighted by Crippen LogP contribution is -2.32. The fourth-order valence-electron chi connectivity index (χ4n) is 2.05. The topological polar surface area (TPSA) is 58.7 Å². The predicted molar refractivity (Wildman–Crippen MR) is 49.4 cm³/mol. The SMILES string of the molecule is Cn1ccnc1C1(C#N)CCCC1=O. The first-order valence-electron chi connectivity index (χ1n) is 4.63. The maximum absolute atomic E-state index is 11.7. The average molecular weight is 189 g/mol. The molecule has 4 nitrogen and oxygen atoms in total. The summed E-state index contributed by atoms with van der Waals surface area (Å²) in [5.41, 5.74) is -0.974. The zero-order chi connectivity index (χ0) is 10.2. The molecule has 1 atom stereocenters. The number of hydrogen-bond donors (Lipinski definition) is 0. The molecule has 14 heavy (non-hydrogen) atoms. The minimum Gasteiger partial charge on any atom is -0.336 e. The van der Waals surface area contributed by atoms with Crippen LogP contribution in [0.15, 0.2) is 12.4 Å². The second kappa shape index (κ2) is 2.95. The Labute approximate surface area is 82.2 Å². The van der Waals surface area contributed by atoms with Gasteiger partial charge in [0.25, 0.3) is 0 Å². The van der Waals surface area contributed by atoms with Crippen LogP contribution in [0.1, 0.15) is 25.1 Å². The van der Waals surface area contributed by atoms with Crippen molar-refractivity contribution in [3.8, 4) is 6.07 Å². The molecule has 4 heteroatoms. The van der Waals surface area contributed by atoms with E-state index < -0.39 is 5.41 Å². The molecule has 0 aliphatic heterocycles. The number of nitrogens with zero attached hydrogens (tertiary/aromatic N) is 3. The van der Waals surface area contributed by atoms with Gasteiger partial charge in [0.05, 0.1) is 6.07 Å². The van der Waals surface area contributed by atoms with Gasteiger partial charge in [0.2, 0.25) is 0 Å². The standard InChI is InChI=1S/C10H11N3O/c1-13-6-5-12-9(13)10(7-11)4-2-3-8(10)14/h5-6H,2-4H2,1H3. The van der Waals surface area contributed by atoms with Crippen LogP contribution in [0.25, 0.3) is 0 Å². The number of carbonyl (C=O) groups excluding carboxylic acids is 1. The Bertz CT molecular complexity index is 415. The highest BCUT2D eigenvalue weighted by Crippen LogP contribution is 2.36. The van der Waals surface area contributed by atoms with E-state index >= 15 is 0 Å². The fraction of sp³-hybridized carbons (Fsp3) is 0.500. The average Bonchev–Trinajstić information content (AvgIpc) is 2.73. The van der Waals surface area contributed by atoms with Crippen LogP contribution in [0.4, 0.5) is 0 Å². The zero-order valence-corrected chi connectivity index (χ0v) is 8.03. The zero-order valence-electron chi connectivity index (χ0n) is 8.03. The summed E-state index contributed by atoms with van der Waals surface area (Å²) < 4.78 is 1.76. The van der Waals surface area contributed by atoms with Gasteiger partial charge in [-0.2, -0.15) is 5.26 Å². The van der Waals surface area contributed by atoms with E-state index in [0.717, 1.165) is 6.42 Å². The molecule has 1 unspecified atom stereocenters. The number of imidazole rings is 1. The van der Waals surface area contributed by atoms with E-state index in [9.17, 15) is 4.79 Å². The molecule has 1 fully saturated rings. The molecule has 1 aromatic rings. The lowest BCUT2D eigenvalue weighted by molar-refractivity contribution is -0.120. The summed E-state index contributed by atoms with van der Waals surface area (Å²) in [5.74, 6) is 0.594. The molecule has 1 aliphatic rings. The van der Waals surface area contributed by atoms with Crippen molar-refractivity contribution in [1.29, 1.82) is 5.26 Å². The molecule has 1 aliphatic carbocycles. The van der Waals surface area contributed by atoms with Crippen LogP contribution >= 0.6 is 0 Å². The van der Waals surface area contributed by atoms with Crippen LogP contribution in [-0.2, 0) is 17.3 Å². The van der Waals surface area contributed by atoms with E-state index in [2.05, 4.69) is 11.1 Å². The molecule has 1 saturated carbocycles. The van der Waals surface area contributed by atoms with Gasteiger partial charge < -0.3 is 4.57 Å². The number of ketones is 1. The largest absolute Gasteiger partial charge is 0.336 e. The van der Waals surface area contributed by atoms with Crippen molar-refractivity contribution in [3.05, 3.63) is 18.2 Å². The lowest BCUT2D eigenvalue weighted by Gasteiger charge is -2.17. The highest BCUT2D eigenvalue weighted by Gasteiger charge is 2.46. The highest BCUT2D eigenvalue weighted by molar-refractivity contribution is 5.94. The third kappa shape index (κ3) is 0.987. The summed E-state index contributed by atoms with van der Waals surface area (Å²) in [6, 6.07) is 2.14. The lowest BCUT2D eigenvalue weighted by atomic mass is 9.86. The molecule has 1 aromatic heterocycles. The smallest absolute Gasteiger partial charge is 0.173 e. The van der Waals surface area contributed by atoms with Gasteiger partial charge >= 0.3 is 0 Å². The first-order chi connectivity index (χ1) is 6.70. The highest BCUT2D eigenvalue weighted by atomic mass is 16.1. The first-order valence-corrected chi connectivity index (χ1v) is 4.63. The van der Waals surface area contributed by atoms with Crippen molar-refractivity contribution in [3.63, 3.8) is 0 Å². The van der Waals surface area contributed by atoms with Gasteiger partial charge in [-0.05, 0) is 12.8 Å². The molecular formula is C10H11N3O. The second-order valence-electron chi connectivity index (χ2n) is 3.66. The van der Waals surface area contributed by atoms with E-state index in [1.165, 1.54) is 0 Å². The van der Waals surface area contributed by atoms with Crippen LogP contribution in [0.5, 0.6) is 0 Å². The quantitative estimate of drug-likeness (QED) is 0.660. The van der Waals surface area contributed by atoms with Crippen molar-refractivity contribution >= 4 is 5.78 Å². The number of aryl methyl sites for hydroxylation is 1. The predicted octanol–water partition coefficient (Wildman–Crippen LogP) is 0.934. The Morgan fingerprint density at radius 3 is 2.93 bits per heavy atom. The number of hydrogen-bond acceptors (Lipinski definition) is 3. The Kier molecular flexibility index (Phi) is 1.88. The minimum atomic E-state index is -0.974. The molecule has 0 N–H and O–H groups in total. The third-order valence-electron chi connectivity index (χ3n) is 2.83. The third-order valence-corrected chi connectivity index (χ3v) is 2.83. The van der Waals surface area contributed by atoms with E-state index in [1.54, 1.807) is 17.0 Å². The Balaban J connectivity index is 2.55. The van der Waals surface area contributed by atoms with Crippen LogP contribution in [0.2, 0.25) is 0 Å². The van der Waals surface area contributed by atoms with Crippen LogP contribution in [0, 0.1) is 11.3 Å². The van der Waals surface area contributed by atoms with Crippen molar-refractivity contribution < 1.29 is 4.79 Å². The van der Waals surface area contributed by atoms with Gasteiger partial charge in [0, 0.05) is 25.9 Å². The molecule has 0 bridgehead atoms. The first kappa shape index (κ1) is 8.95. The summed E-state index contributed by atoms with van der Waals surface area (Å²) in [6.07, 6.45) is 5.28. The van der Waals surface area contributed by atoms with Crippen LogP contribution in [-0.4, -0.2) is 15.3 Å².